The second kappa shape index (κ2) is 9.08. The van der Waals surface area contributed by atoms with Gasteiger partial charge in [-0.25, -0.2) is 0 Å². The number of methoxy groups -OCH3 is 1. The van der Waals surface area contributed by atoms with Gasteiger partial charge in [0.25, 0.3) is 5.91 Å². The molecule has 7 nitrogen and oxygen atoms in total. The fourth-order valence-corrected chi connectivity index (χ4v) is 4.08. The number of anilines is 1. The van der Waals surface area contributed by atoms with Crippen molar-refractivity contribution < 1.29 is 14.3 Å². The summed E-state index contributed by atoms with van der Waals surface area (Å²) in [6.45, 7) is 6.26. The third-order valence-electron chi connectivity index (χ3n) is 6.19. The zero-order valence-corrected chi connectivity index (χ0v) is 18.2. The molecule has 1 saturated heterocycles. The van der Waals surface area contributed by atoms with Gasteiger partial charge in [0.05, 0.1) is 30.5 Å². The normalized spacial score (nSPS) is 17.7. The van der Waals surface area contributed by atoms with Crippen molar-refractivity contribution in [3.63, 3.8) is 0 Å². The van der Waals surface area contributed by atoms with Gasteiger partial charge in [0.1, 0.15) is 0 Å². The Kier molecular flexibility index (Phi) is 6.27. The molecule has 2 aromatic rings. The first-order valence-corrected chi connectivity index (χ1v) is 11.0. The van der Waals surface area contributed by atoms with Crippen molar-refractivity contribution in [3.8, 4) is 11.5 Å². The van der Waals surface area contributed by atoms with Crippen molar-refractivity contribution in [2.45, 2.75) is 38.6 Å². The minimum absolute atomic E-state index is 0.0859. The van der Waals surface area contributed by atoms with Crippen molar-refractivity contribution >= 4 is 22.5 Å². The lowest BCUT2D eigenvalue weighted by molar-refractivity contribution is 0.0951. The highest BCUT2D eigenvalue weighted by molar-refractivity contribution is 6.07. The lowest BCUT2D eigenvalue weighted by atomic mass is 9.98. The van der Waals surface area contributed by atoms with E-state index in [9.17, 15) is 4.79 Å². The minimum Gasteiger partial charge on any atom is -0.493 e. The van der Waals surface area contributed by atoms with Crippen LogP contribution in [0.3, 0.4) is 0 Å². The van der Waals surface area contributed by atoms with Gasteiger partial charge in [-0.3, -0.25) is 9.78 Å². The van der Waals surface area contributed by atoms with Crippen LogP contribution in [0.1, 0.15) is 43.0 Å². The van der Waals surface area contributed by atoms with Gasteiger partial charge in [0, 0.05) is 30.7 Å². The smallest absolute Gasteiger partial charge is 0.255 e. The van der Waals surface area contributed by atoms with Crippen LogP contribution in [0, 0.1) is 5.92 Å². The molecule has 1 aliphatic heterocycles. The Hall–Kier alpha value is -2.54. The number of pyridine rings is 1. The zero-order valence-electron chi connectivity index (χ0n) is 18.2. The largest absolute Gasteiger partial charge is 0.493 e. The van der Waals surface area contributed by atoms with Gasteiger partial charge in [0.15, 0.2) is 11.5 Å². The Morgan fingerprint density at radius 1 is 1.20 bits per heavy atom. The van der Waals surface area contributed by atoms with E-state index < -0.39 is 0 Å². The number of hydrogen-bond acceptors (Lipinski definition) is 6. The number of likely N-dealkylation sites (tertiary alicyclic amines) is 1. The van der Waals surface area contributed by atoms with Crippen LogP contribution in [-0.2, 0) is 0 Å². The summed E-state index contributed by atoms with van der Waals surface area (Å²) in [4.78, 5) is 19.7. The summed E-state index contributed by atoms with van der Waals surface area (Å²) in [5.41, 5.74) is 2.09. The molecule has 7 heteroatoms. The monoisotopic (exact) mass is 412 g/mol. The van der Waals surface area contributed by atoms with Crippen LogP contribution in [0.2, 0.25) is 0 Å². The van der Waals surface area contributed by atoms with Crippen LogP contribution in [0.4, 0.5) is 5.69 Å². The molecule has 2 aliphatic rings. The molecule has 2 fully saturated rings. The predicted molar refractivity (Wildman–Crippen MR) is 119 cm³/mol. The molecule has 162 valence electrons. The molecule has 0 bridgehead atoms. The van der Waals surface area contributed by atoms with E-state index in [1.807, 2.05) is 19.2 Å². The van der Waals surface area contributed by atoms with Crippen LogP contribution in [-0.4, -0.2) is 62.2 Å². The van der Waals surface area contributed by atoms with E-state index in [-0.39, 0.29) is 5.91 Å². The van der Waals surface area contributed by atoms with E-state index >= 15 is 0 Å². The van der Waals surface area contributed by atoms with Crippen molar-refractivity contribution in [2.75, 3.05) is 45.7 Å². The summed E-state index contributed by atoms with van der Waals surface area (Å²) in [5.74, 6) is 1.82. The van der Waals surface area contributed by atoms with Gasteiger partial charge in [-0.1, -0.05) is 6.92 Å². The van der Waals surface area contributed by atoms with Gasteiger partial charge in [0.2, 0.25) is 0 Å². The summed E-state index contributed by atoms with van der Waals surface area (Å²) in [6.07, 6.45) is 6.03. The van der Waals surface area contributed by atoms with Crippen molar-refractivity contribution in [2.24, 2.45) is 5.92 Å². The van der Waals surface area contributed by atoms with Gasteiger partial charge in [-0.2, -0.15) is 0 Å². The highest BCUT2D eigenvalue weighted by Crippen LogP contribution is 2.37. The standard InChI is InChI=1S/C23H32N4O3/c1-4-27-9-7-15(8-10-27)14-30-21-11-17-19(12-20(21)29-3)25-13-18(22(17)24-2)23(28)26-16-5-6-16/h11-13,15-16H,4-10,14H2,1-3H3,(H,24,25)(H,26,28). The molecule has 2 heterocycles. The maximum Gasteiger partial charge on any atom is 0.255 e. The molecule has 1 aromatic carbocycles. The van der Waals surface area contributed by atoms with E-state index in [4.69, 9.17) is 9.47 Å². The first-order valence-electron chi connectivity index (χ1n) is 11.0. The number of carbonyl (C=O) groups is 1. The quantitative estimate of drug-likeness (QED) is 0.693. The number of rotatable bonds is 8. The van der Waals surface area contributed by atoms with Crippen molar-refractivity contribution in [1.29, 1.82) is 0 Å². The molecular weight excluding hydrogens is 380 g/mol. The van der Waals surface area contributed by atoms with E-state index in [1.165, 1.54) is 0 Å². The molecular formula is C23H32N4O3. The molecule has 0 radical (unpaired) electrons. The third kappa shape index (κ3) is 4.46. The topological polar surface area (TPSA) is 75.7 Å². The Bertz CT molecular complexity index is 905. The Morgan fingerprint density at radius 2 is 1.97 bits per heavy atom. The number of aromatic nitrogens is 1. The van der Waals surface area contributed by atoms with Crippen LogP contribution in [0.15, 0.2) is 18.3 Å². The van der Waals surface area contributed by atoms with Crippen LogP contribution in [0.5, 0.6) is 11.5 Å². The highest BCUT2D eigenvalue weighted by Gasteiger charge is 2.26. The lowest BCUT2D eigenvalue weighted by Crippen LogP contribution is -2.35. The molecule has 1 aromatic heterocycles. The molecule has 0 atom stereocenters. The second-order valence-electron chi connectivity index (χ2n) is 8.25. The number of hydrogen-bond donors (Lipinski definition) is 2. The Morgan fingerprint density at radius 3 is 2.60 bits per heavy atom. The number of ether oxygens (including phenoxy) is 2. The number of nitrogens with zero attached hydrogens (tertiary/aromatic N) is 2. The fraction of sp³-hybridized carbons (Fsp3) is 0.565. The molecule has 1 aliphatic carbocycles. The maximum absolute atomic E-state index is 12.7. The number of benzene rings is 1. The van der Waals surface area contributed by atoms with Gasteiger partial charge >= 0.3 is 0 Å². The maximum atomic E-state index is 12.7. The summed E-state index contributed by atoms with van der Waals surface area (Å²) in [6, 6.07) is 4.13. The lowest BCUT2D eigenvalue weighted by Gasteiger charge is -2.31. The Balaban J connectivity index is 1.57. The Labute approximate surface area is 178 Å². The minimum atomic E-state index is -0.0859. The van der Waals surface area contributed by atoms with Crippen LogP contribution < -0.4 is 20.1 Å². The van der Waals surface area contributed by atoms with E-state index in [2.05, 4.69) is 27.4 Å². The van der Waals surface area contributed by atoms with Gasteiger partial charge in [-0.15, -0.1) is 0 Å². The summed E-state index contributed by atoms with van der Waals surface area (Å²) < 4.78 is 11.8. The number of piperidine rings is 1. The average Bonchev–Trinajstić information content (AvgIpc) is 3.60. The van der Waals surface area contributed by atoms with Gasteiger partial charge in [-0.05, 0) is 57.3 Å². The molecule has 1 amide bonds. The summed E-state index contributed by atoms with van der Waals surface area (Å²) >= 11 is 0. The number of fused-ring (bicyclic) bond motifs is 1. The number of nitrogens with one attached hydrogen (secondary N) is 2. The zero-order chi connectivity index (χ0) is 21.1. The molecule has 0 unspecified atom stereocenters. The van der Waals surface area contributed by atoms with Crippen LogP contribution >= 0.6 is 0 Å². The summed E-state index contributed by atoms with van der Waals surface area (Å²) in [5, 5.41) is 7.10. The summed E-state index contributed by atoms with van der Waals surface area (Å²) in [7, 11) is 3.47. The van der Waals surface area contributed by atoms with Gasteiger partial charge < -0.3 is 25.0 Å². The molecule has 30 heavy (non-hydrogen) atoms. The molecule has 2 N–H and O–H groups in total. The van der Waals surface area contributed by atoms with Crippen molar-refractivity contribution in [3.05, 3.63) is 23.9 Å². The fourth-order valence-electron chi connectivity index (χ4n) is 4.08. The predicted octanol–water partition coefficient (Wildman–Crippen LogP) is 3.29. The van der Waals surface area contributed by atoms with Crippen LogP contribution in [0.25, 0.3) is 10.9 Å². The van der Waals surface area contributed by atoms with E-state index in [1.54, 1.807) is 13.3 Å². The second-order valence-corrected chi connectivity index (χ2v) is 8.25. The van der Waals surface area contributed by atoms with E-state index in [0.717, 1.165) is 61.9 Å². The first kappa shape index (κ1) is 20.7. The molecule has 4 rings (SSSR count). The van der Waals surface area contributed by atoms with Crippen molar-refractivity contribution in [1.82, 2.24) is 15.2 Å². The third-order valence-corrected chi connectivity index (χ3v) is 6.19. The highest BCUT2D eigenvalue weighted by atomic mass is 16.5. The molecule has 1 saturated carbocycles. The first-order chi connectivity index (χ1) is 14.6. The molecule has 0 spiro atoms. The number of carbonyl (C=O) groups excluding carboxylic acids is 1. The van der Waals surface area contributed by atoms with E-state index in [0.29, 0.717) is 35.6 Å². The number of amides is 1. The SMILES string of the molecule is CCN1CCC(COc2cc3c(NC)c(C(=O)NC4CC4)cnc3cc2OC)CC1. The average molecular weight is 413 g/mol.